The van der Waals surface area contributed by atoms with Crippen molar-refractivity contribution in [2.75, 3.05) is 27.4 Å². The second kappa shape index (κ2) is 15.4. The van der Waals surface area contributed by atoms with E-state index in [1.54, 1.807) is 20.3 Å². The van der Waals surface area contributed by atoms with Crippen LogP contribution in [-0.2, 0) is 43.6 Å². The van der Waals surface area contributed by atoms with Gasteiger partial charge in [0.2, 0.25) is 0 Å². The molecule has 3 aromatic rings. The zero-order valence-electron chi connectivity index (χ0n) is 24.8. The molecule has 0 saturated heterocycles. The summed E-state index contributed by atoms with van der Waals surface area (Å²) in [4.78, 5) is 12.9. The molecule has 0 aliphatic rings. The van der Waals surface area contributed by atoms with Crippen molar-refractivity contribution >= 4 is 5.97 Å². The SMILES string of the molecule is C=C[C@@H](OCc1ccc(OC)cc1)[C@@](COCc1ccc(OC)cc1)(COC(=O)C(C)(C)C)OCc1ccccc1. The summed E-state index contributed by atoms with van der Waals surface area (Å²) in [6.07, 6.45) is 1.01. The van der Waals surface area contributed by atoms with E-state index in [4.69, 9.17) is 28.4 Å². The minimum Gasteiger partial charge on any atom is -0.497 e. The maximum absolute atomic E-state index is 12.9. The minimum atomic E-state index is -1.18. The molecule has 0 aliphatic heterocycles. The Hall–Kier alpha value is -3.65. The average Bonchev–Trinajstić information content (AvgIpc) is 2.99. The summed E-state index contributed by atoms with van der Waals surface area (Å²) < 4.78 is 35.6. The molecular weight excluding hydrogens is 520 g/mol. The molecule has 2 atom stereocenters. The van der Waals surface area contributed by atoms with Crippen LogP contribution in [0.25, 0.3) is 0 Å². The third kappa shape index (κ3) is 9.74. The monoisotopic (exact) mass is 562 g/mol. The van der Waals surface area contributed by atoms with Gasteiger partial charge in [-0.15, -0.1) is 6.58 Å². The number of hydrogen-bond acceptors (Lipinski definition) is 7. The third-order valence-corrected chi connectivity index (χ3v) is 6.52. The Kier molecular flexibility index (Phi) is 12.0. The number of hydrogen-bond donors (Lipinski definition) is 0. The van der Waals surface area contributed by atoms with Crippen LogP contribution in [0, 0.1) is 5.41 Å². The van der Waals surface area contributed by atoms with Gasteiger partial charge in [-0.3, -0.25) is 4.79 Å². The van der Waals surface area contributed by atoms with Crippen LogP contribution in [0.3, 0.4) is 0 Å². The number of ether oxygens (including phenoxy) is 6. The van der Waals surface area contributed by atoms with Crippen LogP contribution in [0.1, 0.15) is 37.5 Å². The Bertz CT molecular complexity index is 1200. The molecule has 0 aliphatic carbocycles. The first kappa shape index (κ1) is 31.9. The van der Waals surface area contributed by atoms with Crippen LogP contribution < -0.4 is 9.47 Å². The smallest absolute Gasteiger partial charge is 0.311 e. The number of carbonyl (C=O) groups excluding carboxylic acids is 1. The van der Waals surface area contributed by atoms with Crippen LogP contribution in [0.4, 0.5) is 0 Å². The maximum Gasteiger partial charge on any atom is 0.311 e. The number of esters is 1. The average molecular weight is 563 g/mol. The molecule has 0 N–H and O–H groups in total. The molecule has 3 rings (SSSR count). The molecule has 0 aromatic heterocycles. The van der Waals surface area contributed by atoms with Gasteiger partial charge in [-0.2, -0.15) is 0 Å². The first-order valence-electron chi connectivity index (χ1n) is 13.6. The van der Waals surface area contributed by atoms with Gasteiger partial charge in [0.05, 0.1) is 46.1 Å². The Morgan fingerprint density at radius 2 is 1.29 bits per heavy atom. The molecule has 7 nitrogen and oxygen atoms in total. The van der Waals surface area contributed by atoms with Gasteiger partial charge in [0.25, 0.3) is 0 Å². The molecule has 0 saturated carbocycles. The summed E-state index contributed by atoms with van der Waals surface area (Å²) in [5.41, 5.74) is 0.997. The molecule has 0 spiro atoms. The lowest BCUT2D eigenvalue weighted by molar-refractivity contribution is -0.204. The molecule has 7 heteroatoms. The van der Waals surface area contributed by atoms with E-state index in [0.717, 1.165) is 28.2 Å². The van der Waals surface area contributed by atoms with E-state index in [0.29, 0.717) is 6.61 Å². The van der Waals surface area contributed by atoms with Crippen LogP contribution in [0.5, 0.6) is 11.5 Å². The lowest BCUT2D eigenvalue weighted by Gasteiger charge is -2.39. The van der Waals surface area contributed by atoms with Crippen molar-refractivity contribution in [3.8, 4) is 11.5 Å². The molecule has 220 valence electrons. The van der Waals surface area contributed by atoms with Gasteiger partial charge in [-0.25, -0.2) is 0 Å². The van der Waals surface area contributed by atoms with Gasteiger partial charge in [-0.1, -0.05) is 60.7 Å². The lowest BCUT2D eigenvalue weighted by Crippen LogP contribution is -2.53. The fourth-order valence-electron chi connectivity index (χ4n) is 3.98. The number of rotatable bonds is 16. The van der Waals surface area contributed by atoms with Crippen molar-refractivity contribution in [2.45, 2.75) is 52.3 Å². The summed E-state index contributed by atoms with van der Waals surface area (Å²) in [5, 5.41) is 0. The van der Waals surface area contributed by atoms with E-state index in [1.807, 2.05) is 99.6 Å². The van der Waals surface area contributed by atoms with Crippen molar-refractivity contribution in [1.29, 1.82) is 0 Å². The van der Waals surface area contributed by atoms with Gasteiger partial charge in [0.15, 0.2) is 5.60 Å². The van der Waals surface area contributed by atoms with E-state index in [1.165, 1.54) is 0 Å². The van der Waals surface area contributed by atoms with E-state index in [2.05, 4.69) is 6.58 Å². The molecule has 0 fully saturated rings. The zero-order valence-corrected chi connectivity index (χ0v) is 24.8. The predicted molar refractivity (Wildman–Crippen MR) is 159 cm³/mol. The van der Waals surface area contributed by atoms with Gasteiger partial charge >= 0.3 is 5.97 Å². The van der Waals surface area contributed by atoms with Crippen molar-refractivity contribution in [3.05, 3.63) is 108 Å². The summed E-state index contributed by atoms with van der Waals surface area (Å²) in [5.74, 6) is 1.18. The molecule has 0 amide bonds. The van der Waals surface area contributed by atoms with Crippen molar-refractivity contribution < 1.29 is 33.2 Å². The molecule has 3 aromatic carbocycles. The highest BCUT2D eigenvalue weighted by molar-refractivity contribution is 5.75. The molecule has 0 unspecified atom stereocenters. The summed E-state index contributed by atoms with van der Waals surface area (Å²) in [6.45, 7) is 10.3. The van der Waals surface area contributed by atoms with Gasteiger partial charge in [0, 0.05) is 0 Å². The topological polar surface area (TPSA) is 72.5 Å². The second-order valence-corrected chi connectivity index (χ2v) is 10.8. The maximum atomic E-state index is 12.9. The fraction of sp³-hybridized carbons (Fsp3) is 0.382. The van der Waals surface area contributed by atoms with Crippen LogP contribution >= 0.6 is 0 Å². The molecule has 0 bridgehead atoms. The quantitative estimate of drug-likeness (QED) is 0.145. The first-order chi connectivity index (χ1) is 19.7. The highest BCUT2D eigenvalue weighted by atomic mass is 16.6. The summed E-state index contributed by atoms with van der Waals surface area (Å²) in [6, 6.07) is 25.1. The summed E-state index contributed by atoms with van der Waals surface area (Å²) >= 11 is 0. The van der Waals surface area contributed by atoms with E-state index >= 15 is 0 Å². The van der Waals surface area contributed by atoms with E-state index in [9.17, 15) is 4.79 Å². The fourth-order valence-corrected chi connectivity index (χ4v) is 3.98. The normalized spacial score (nSPS) is 13.6. The lowest BCUT2D eigenvalue weighted by atomic mass is 9.95. The second-order valence-electron chi connectivity index (χ2n) is 10.8. The Morgan fingerprint density at radius 3 is 1.80 bits per heavy atom. The minimum absolute atomic E-state index is 0.0855. The highest BCUT2D eigenvalue weighted by Gasteiger charge is 2.43. The molecule has 41 heavy (non-hydrogen) atoms. The molecular formula is C34H42O7. The van der Waals surface area contributed by atoms with E-state index in [-0.39, 0.29) is 32.4 Å². The van der Waals surface area contributed by atoms with Crippen molar-refractivity contribution in [2.24, 2.45) is 5.41 Å². The van der Waals surface area contributed by atoms with Crippen molar-refractivity contribution in [3.63, 3.8) is 0 Å². The van der Waals surface area contributed by atoms with Crippen molar-refractivity contribution in [1.82, 2.24) is 0 Å². The van der Waals surface area contributed by atoms with Crippen LogP contribution in [0.15, 0.2) is 91.5 Å². The molecule has 0 radical (unpaired) electrons. The standard InChI is InChI=1S/C34H42O7/c1-7-31(39-22-28-15-19-30(37-6)20-16-28)34(25-40-32(35)33(2,3)4,41-23-26-11-9-8-10-12-26)24-38-21-27-13-17-29(36-5)18-14-27/h7-20,31H,1,21-25H2,2-6H3/t31-,34-/m1/s1. The third-order valence-electron chi connectivity index (χ3n) is 6.52. The largest absolute Gasteiger partial charge is 0.497 e. The number of methoxy groups -OCH3 is 2. The Balaban J connectivity index is 1.88. The van der Waals surface area contributed by atoms with Gasteiger partial charge in [0.1, 0.15) is 24.2 Å². The number of carbonyl (C=O) groups is 1. The molecule has 0 heterocycles. The van der Waals surface area contributed by atoms with Gasteiger partial charge in [-0.05, 0) is 61.7 Å². The van der Waals surface area contributed by atoms with Gasteiger partial charge < -0.3 is 28.4 Å². The first-order valence-corrected chi connectivity index (χ1v) is 13.6. The zero-order chi connectivity index (χ0) is 29.7. The number of benzene rings is 3. The highest BCUT2D eigenvalue weighted by Crippen LogP contribution is 2.28. The Morgan fingerprint density at radius 1 is 0.756 bits per heavy atom. The Labute approximate surface area is 244 Å². The van der Waals surface area contributed by atoms with Crippen LogP contribution in [-0.4, -0.2) is 45.1 Å². The van der Waals surface area contributed by atoms with E-state index < -0.39 is 17.1 Å². The summed E-state index contributed by atoms with van der Waals surface area (Å²) in [7, 11) is 3.26. The van der Waals surface area contributed by atoms with Crippen LogP contribution in [0.2, 0.25) is 0 Å². The predicted octanol–water partition coefficient (Wildman–Crippen LogP) is 6.54.